The summed E-state index contributed by atoms with van der Waals surface area (Å²) in [5.74, 6) is 0.954. The molecule has 0 aromatic heterocycles. The molecule has 0 N–H and O–H groups in total. The number of halogens is 1. The highest BCUT2D eigenvalue weighted by Gasteiger charge is 2.21. The molecule has 1 aliphatic rings. The molecule has 4 heteroatoms. The number of carbonyl (C=O) groups is 1. The van der Waals surface area contributed by atoms with Crippen LogP contribution >= 0.6 is 15.9 Å². The first-order chi connectivity index (χ1) is 7.70. The summed E-state index contributed by atoms with van der Waals surface area (Å²) in [4.78, 5) is 13.7. The van der Waals surface area contributed by atoms with Crippen molar-refractivity contribution in [2.75, 3.05) is 20.2 Å². The Labute approximate surface area is 104 Å². The normalized spacial score (nSPS) is 14.5. The van der Waals surface area contributed by atoms with Crippen LogP contribution in [0.2, 0.25) is 0 Å². The third kappa shape index (κ3) is 2.38. The number of benzene rings is 1. The lowest BCUT2D eigenvalue weighted by atomic mass is 10.1. The van der Waals surface area contributed by atoms with Crippen LogP contribution in [0.25, 0.3) is 0 Å². The van der Waals surface area contributed by atoms with Gasteiger partial charge in [0.15, 0.2) is 0 Å². The van der Waals surface area contributed by atoms with Gasteiger partial charge in [-0.1, -0.05) is 22.0 Å². The van der Waals surface area contributed by atoms with E-state index in [1.807, 2.05) is 23.1 Å². The minimum Gasteiger partial charge on any atom is -0.496 e. The molecule has 0 aliphatic carbocycles. The van der Waals surface area contributed by atoms with Crippen LogP contribution in [-0.4, -0.2) is 31.0 Å². The Kier molecular flexibility index (Phi) is 3.49. The highest BCUT2D eigenvalue weighted by atomic mass is 79.9. The van der Waals surface area contributed by atoms with Gasteiger partial charge >= 0.3 is 0 Å². The Morgan fingerprint density at radius 2 is 2.25 bits per heavy atom. The molecule has 0 spiro atoms. The predicted molar refractivity (Wildman–Crippen MR) is 65.6 cm³/mol. The van der Waals surface area contributed by atoms with E-state index in [1.54, 1.807) is 7.11 Å². The summed E-state index contributed by atoms with van der Waals surface area (Å²) in [5, 5.41) is 0. The van der Waals surface area contributed by atoms with Gasteiger partial charge in [-0.3, -0.25) is 4.79 Å². The Bertz CT molecular complexity index is 402. The lowest BCUT2D eigenvalue weighted by molar-refractivity contribution is -0.133. The van der Waals surface area contributed by atoms with Crippen molar-refractivity contribution in [2.24, 2.45) is 0 Å². The Morgan fingerprint density at radius 3 is 2.81 bits per heavy atom. The van der Waals surface area contributed by atoms with E-state index >= 15 is 0 Å². The van der Waals surface area contributed by atoms with Crippen molar-refractivity contribution < 1.29 is 9.53 Å². The molecule has 1 aromatic carbocycles. The molecular formula is C12H14BrNO2. The van der Waals surface area contributed by atoms with Gasteiger partial charge in [0.05, 0.1) is 13.5 Å². The fraction of sp³-hybridized carbons (Fsp3) is 0.417. The number of rotatable bonds is 3. The van der Waals surface area contributed by atoms with Gasteiger partial charge in [-0.2, -0.15) is 0 Å². The summed E-state index contributed by atoms with van der Waals surface area (Å²) < 4.78 is 6.22. The molecule has 1 aromatic rings. The zero-order chi connectivity index (χ0) is 11.5. The number of ether oxygens (including phenoxy) is 1. The lowest BCUT2D eigenvalue weighted by Gasteiger charge is -2.31. The molecule has 0 atom stereocenters. The number of hydrogen-bond donors (Lipinski definition) is 0. The van der Waals surface area contributed by atoms with Crippen molar-refractivity contribution in [3.05, 3.63) is 28.2 Å². The van der Waals surface area contributed by atoms with Crippen molar-refractivity contribution in [2.45, 2.75) is 12.8 Å². The molecule has 3 nitrogen and oxygen atoms in total. The second kappa shape index (κ2) is 4.87. The SMILES string of the molecule is COc1cc(Br)ccc1CC(=O)N1CCC1. The predicted octanol–water partition coefficient (Wildman–Crippen LogP) is 2.23. The van der Waals surface area contributed by atoms with Gasteiger partial charge in [-0.25, -0.2) is 0 Å². The number of methoxy groups -OCH3 is 1. The van der Waals surface area contributed by atoms with E-state index in [4.69, 9.17) is 4.74 Å². The van der Waals surface area contributed by atoms with Crippen molar-refractivity contribution in [3.8, 4) is 5.75 Å². The van der Waals surface area contributed by atoms with Gasteiger partial charge < -0.3 is 9.64 Å². The van der Waals surface area contributed by atoms with Gasteiger partial charge in [-0.15, -0.1) is 0 Å². The highest BCUT2D eigenvalue weighted by molar-refractivity contribution is 9.10. The van der Waals surface area contributed by atoms with Crippen LogP contribution in [-0.2, 0) is 11.2 Å². The second-order valence-electron chi connectivity index (χ2n) is 3.87. The van der Waals surface area contributed by atoms with Gasteiger partial charge in [0.25, 0.3) is 0 Å². The van der Waals surface area contributed by atoms with Gasteiger partial charge in [0, 0.05) is 23.1 Å². The maximum atomic E-state index is 11.8. The van der Waals surface area contributed by atoms with Crippen LogP contribution in [0.3, 0.4) is 0 Å². The number of likely N-dealkylation sites (tertiary alicyclic amines) is 1. The van der Waals surface area contributed by atoms with E-state index in [0.717, 1.165) is 35.3 Å². The van der Waals surface area contributed by atoms with E-state index in [2.05, 4.69) is 15.9 Å². The molecule has 1 fully saturated rings. The molecule has 86 valence electrons. The van der Waals surface area contributed by atoms with Gasteiger partial charge in [0.1, 0.15) is 5.75 Å². The average molecular weight is 284 g/mol. The fourth-order valence-electron chi connectivity index (χ4n) is 1.70. The van der Waals surface area contributed by atoms with Crippen LogP contribution in [0.15, 0.2) is 22.7 Å². The average Bonchev–Trinajstić information content (AvgIpc) is 2.18. The molecule has 1 aliphatic heterocycles. The molecular weight excluding hydrogens is 270 g/mol. The smallest absolute Gasteiger partial charge is 0.227 e. The number of carbonyl (C=O) groups excluding carboxylic acids is 1. The monoisotopic (exact) mass is 283 g/mol. The molecule has 1 amide bonds. The summed E-state index contributed by atoms with van der Waals surface area (Å²) in [5.41, 5.74) is 0.947. The molecule has 0 radical (unpaired) electrons. The van der Waals surface area contributed by atoms with Crippen LogP contribution in [0.1, 0.15) is 12.0 Å². The summed E-state index contributed by atoms with van der Waals surface area (Å²) in [6, 6.07) is 5.75. The third-order valence-electron chi connectivity index (χ3n) is 2.80. The topological polar surface area (TPSA) is 29.5 Å². The second-order valence-corrected chi connectivity index (χ2v) is 4.78. The molecule has 2 rings (SSSR count). The maximum absolute atomic E-state index is 11.8. The zero-order valence-corrected chi connectivity index (χ0v) is 10.8. The van der Waals surface area contributed by atoms with Gasteiger partial charge in [-0.05, 0) is 18.6 Å². The Morgan fingerprint density at radius 1 is 1.50 bits per heavy atom. The van der Waals surface area contributed by atoms with Crippen molar-refractivity contribution in [1.29, 1.82) is 0 Å². The number of hydrogen-bond acceptors (Lipinski definition) is 2. The van der Waals surface area contributed by atoms with E-state index in [1.165, 1.54) is 0 Å². The summed E-state index contributed by atoms with van der Waals surface area (Å²) in [6.07, 6.45) is 1.56. The summed E-state index contributed by atoms with van der Waals surface area (Å²) >= 11 is 3.38. The minimum absolute atomic E-state index is 0.187. The molecule has 0 saturated carbocycles. The standard InChI is InChI=1S/C12H14BrNO2/c1-16-11-8-10(13)4-3-9(11)7-12(15)14-5-2-6-14/h3-4,8H,2,5-7H2,1H3. The van der Waals surface area contributed by atoms with Crippen LogP contribution in [0, 0.1) is 0 Å². The van der Waals surface area contributed by atoms with E-state index in [0.29, 0.717) is 6.42 Å². The summed E-state index contributed by atoms with van der Waals surface area (Å²) in [7, 11) is 1.62. The molecule has 1 saturated heterocycles. The van der Waals surface area contributed by atoms with Crippen LogP contribution < -0.4 is 4.74 Å². The first-order valence-electron chi connectivity index (χ1n) is 5.31. The van der Waals surface area contributed by atoms with E-state index in [-0.39, 0.29) is 5.91 Å². The van der Waals surface area contributed by atoms with Crippen LogP contribution in [0.4, 0.5) is 0 Å². The summed E-state index contributed by atoms with van der Waals surface area (Å²) in [6.45, 7) is 1.80. The maximum Gasteiger partial charge on any atom is 0.227 e. The number of amides is 1. The van der Waals surface area contributed by atoms with Crippen molar-refractivity contribution >= 4 is 21.8 Å². The van der Waals surface area contributed by atoms with Gasteiger partial charge in [0.2, 0.25) is 5.91 Å². The zero-order valence-electron chi connectivity index (χ0n) is 9.20. The molecule has 1 heterocycles. The Hall–Kier alpha value is -1.03. The molecule has 0 bridgehead atoms. The minimum atomic E-state index is 0.187. The van der Waals surface area contributed by atoms with E-state index in [9.17, 15) is 4.79 Å². The van der Waals surface area contributed by atoms with Crippen LogP contribution in [0.5, 0.6) is 5.75 Å². The number of nitrogens with zero attached hydrogens (tertiary/aromatic N) is 1. The highest BCUT2D eigenvalue weighted by Crippen LogP contribution is 2.24. The first kappa shape index (κ1) is 11.5. The largest absolute Gasteiger partial charge is 0.496 e. The quantitative estimate of drug-likeness (QED) is 0.852. The fourth-order valence-corrected chi connectivity index (χ4v) is 2.04. The van der Waals surface area contributed by atoms with Crippen molar-refractivity contribution in [3.63, 3.8) is 0 Å². The third-order valence-corrected chi connectivity index (χ3v) is 3.29. The Balaban J connectivity index is 2.10. The molecule has 16 heavy (non-hydrogen) atoms. The van der Waals surface area contributed by atoms with Crippen molar-refractivity contribution in [1.82, 2.24) is 4.90 Å². The molecule has 0 unspecified atom stereocenters. The first-order valence-corrected chi connectivity index (χ1v) is 6.10. The van der Waals surface area contributed by atoms with E-state index < -0.39 is 0 Å². The lowest BCUT2D eigenvalue weighted by Crippen LogP contribution is -2.42.